The molecule has 0 radical (unpaired) electrons. The molecule has 0 amide bonds. The molecule has 0 bridgehead atoms. The van der Waals surface area contributed by atoms with E-state index in [2.05, 4.69) is 30.1 Å². The van der Waals surface area contributed by atoms with Gasteiger partial charge in [-0.2, -0.15) is 0 Å². The number of hydrogen-bond acceptors (Lipinski definition) is 2. The summed E-state index contributed by atoms with van der Waals surface area (Å²) in [7, 11) is 0. The molecule has 2 rings (SSSR count). The molecule has 21 heavy (non-hydrogen) atoms. The Balaban J connectivity index is 1.78. The fourth-order valence-corrected chi connectivity index (χ4v) is 2.15. The van der Waals surface area contributed by atoms with E-state index in [1.807, 2.05) is 37.3 Å². The molecule has 0 spiro atoms. The summed E-state index contributed by atoms with van der Waals surface area (Å²) in [5, 5.41) is 0. The third-order valence-electron chi connectivity index (χ3n) is 3.13. The van der Waals surface area contributed by atoms with Crippen molar-refractivity contribution in [2.75, 3.05) is 13.2 Å². The van der Waals surface area contributed by atoms with Crippen molar-refractivity contribution in [2.24, 2.45) is 10.7 Å². The van der Waals surface area contributed by atoms with E-state index in [4.69, 9.17) is 10.5 Å². The highest BCUT2D eigenvalue weighted by Crippen LogP contribution is 2.12. The van der Waals surface area contributed by atoms with Crippen molar-refractivity contribution < 1.29 is 4.74 Å². The first-order valence-corrected chi connectivity index (χ1v) is 7.17. The molecular formula is C18H22N2O. The number of nitrogens with zero attached hydrogens (tertiary/aromatic N) is 1. The number of benzene rings is 2. The third kappa shape index (κ3) is 5.30. The van der Waals surface area contributed by atoms with Gasteiger partial charge in [-0.05, 0) is 37.1 Å². The average molecular weight is 282 g/mol. The van der Waals surface area contributed by atoms with Crippen LogP contribution in [-0.2, 0) is 6.42 Å². The van der Waals surface area contributed by atoms with E-state index in [0.717, 1.165) is 5.75 Å². The van der Waals surface area contributed by atoms with Crippen molar-refractivity contribution in [3.8, 4) is 5.75 Å². The standard InChI is InChI=1S/C18H22N2O/c1-14-5-3-7-16(11-14)13-18(19)20-9-10-21-17-8-4-6-15(2)12-17/h3-8,11-12H,9-10,13H2,1-2H3,(H2,19,20). The second-order valence-electron chi connectivity index (χ2n) is 5.20. The lowest BCUT2D eigenvalue weighted by molar-refractivity contribution is 0.328. The molecule has 0 aliphatic rings. The van der Waals surface area contributed by atoms with Crippen LogP contribution in [-0.4, -0.2) is 19.0 Å². The van der Waals surface area contributed by atoms with Crippen LogP contribution >= 0.6 is 0 Å². The van der Waals surface area contributed by atoms with E-state index in [1.54, 1.807) is 0 Å². The normalized spacial score (nSPS) is 11.4. The molecular weight excluding hydrogens is 260 g/mol. The number of hydrogen-bond donors (Lipinski definition) is 1. The van der Waals surface area contributed by atoms with Gasteiger partial charge in [0.1, 0.15) is 12.4 Å². The second kappa shape index (κ2) is 7.48. The fourth-order valence-electron chi connectivity index (χ4n) is 2.15. The van der Waals surface area contributed by atoms with E-state index < -0.39 is 0 Å². The Kier molecular flexibility index (Phi) is 5.38. The highest BCUT2D eigenvalue weighted by molar-refractivity contribution is 5.82. The minimum Gasteiger partial charge on any atom is -0.492 e. The Morgan fingerprint density at radius 2 is 1.76 bits per heavy atom. The van der Waals surface area contributed by atoms with Gasteiger partial charge in [-0.25, -0.2) is 0 Å². The molecule has 3 nitrogen and oxygen atoms in total. The molecule has 0 saturated carbocycles. The first-order valence-electron chi connectivity index (χ1n) is 7.17. The molecule has 2 N–H and O–H groups in total. The van der Waals surface area contributed by atoms with Crippen LogP contribution in [0.2, 0.25) is 0 Å². The van der Waals surface area contributed by atoms with Crippen molar-refractivity contribution in [1.29, 1.82) is 0 Å². The van der Waals surface area contributed by atoms with Crippen LogP contribution in [0.5, 0.6) is 5.75 Å². The number of nitrogens with two attached hydrogens (primary N) is 1. The monoisotopic (exact) mass is 282 g/mol. The molecule has 2 aromatic carbocycles. The van der Waals surface area contributed by atoms with Crippen molar-refractivity contribution in [3.05, 3.63) is 65.2 Å². The van der Waals surface area contributed by atoms with E-state index in [0.29, 0.717) is 25.4 Å². The summed E-state index contributed by atoms with van der Waals surface area (Å²) in [6, 6.07) is 16.3. The van der Waals surface area contributed by atoms with Gasteiger partial charge in [0.2, 0.25) is 0 Å². The predicted octanol–water partition coefficient (Wildman–Crippen LogP) is 3.28. The molecule has 2 aromatic rings. The Morgan fingerprint density at radius 3 is 2.48 bits per heavy atom. The first kappa shape index (κ1) is 15.1. The SMILES string of the molecule is Cc1cccc(CC(N)=NCCOc2cccc(C)c2)c1. The molecule has 0 saturated heterocycles. The van der Waals surface area contributed by atoms with Crippen LogP contribution in [0.1, 0.15) is 16.7 Å². The minimum absolute atomic E-state index is 0.540. The minimum atomic E-state index is 0.540. The molecule has 110 valence electrons. The summed E-state index contributed by atoms with van der Waals surface area (Å²) in [6.45, 7) is 5.24. The van der Waals surface area contributed by atoms with Gasteiger partial charge >= 0.3 is 0 Å². The van der Waals surface area contributed by atoms with E-state index in [1.165, 1.54) is 16.7 Å². The molecule has 3 heteroatoms. The molecule has 0 fully saturated rings. The van der Waals surface area contributed by atoms with Crippen LogP contribution in [0.3, 0.4) is 0 Å². The van der Waals surface area contributed by atoms with Crippen molar-refractivity contribution in [2.45, 2.75) is 20.3 Å². The number of aryl methyl sites for hydroxylation is 2. The summed E-state index contributed by atoms with van der Waals surface area (Å²) in [5.74, 6) is 1.52. The number of ether oxygens (including phenoxy) is 1. The molecule has 0 unspecified atom stereocenters. The van der Waals surface area contributed by atoms with Crippen molar-refractivity contribution >= 4 is 5.84 Å². The Labute approximate surface area is 126 Å². The smallest absolute Gasteiger partial charge is 0.119 e. The Bertz CT molecular complexity index is 620. The number of amidine groups is 1. The third-order valence-corrected chi connectivity index (χ3v) is 3.13. The molecule has 0 aromatic heterocycles. The highest BCUT2D eigenvalue weighted by atomic mass is 16.5. The second-order valence-corrected chi connectivity index (χ2v) is 5.20. The van der Waals surface area contributed by atoms with Crippen molar-refractivity contribution in [1.82, 2.24) is 0 Å². The van der Waals surface area contributed by atoms with Gasteiger partial charge in [0.15, 0.2) is 0 Å². The molecule has 0 aliphatic carbocycles. The summed E-state index contributed by atoms with van der Waals surface area (Å²) in [6.07, 6.45) is 0.687. The lowest BCUT2D eigenvalue weighted by Crippen LogP contribution is -2.17. The zero-order valence-corrected chi connectivity index (χ0v) is 12.7. The maximum absolute atomic E-state index is 5.95. The summed E-state index contributed by atoms with van der Waals surface area (Å²) < 4.78 is 5.64. The van der Waals surface area contributed by atoms with E-state index in [9.17, 15) is 0 Å². The van der Waals surface area contributed by atoms with Gasteiger partial charge in [-0.3, -0.25) is 4.99 Å². The summed E-state index contributed by atoms with van der Waals surface area (Å²) >= 11 is 0. The number of rotatable bonds is 6. The van der Waals surface area contributed by atoms with Gasteiger partial charge < -0.3 is 10.5 Å². The fraction of sp³-hybridized carbons (Fsp3) is 0.278. The maximum Gasteiger partial charge on any atom is 0.119 e. The van der Waals surface area contributed by atoms with Crippen LogP contribution in [0.15, 0.2) is 53.5 Å². The van der Waals surface area contributed by atoms with Crippen LogP contribution < -0.4 is 10.5 Å². The van der Waals surface area contributed by atoms with Gasteiger partial charge in [0, 0.05) is 6.42 Å². The molecule has 0 heterocycles. The Hall–Kier alpha value is -2.29. The maximum atomic E-state index is 5.95. The van der Waals surface area contributed by atoms with Crippen molar-refractivity contribution in [3.63, 3.8) is 0 Å². The predicted molar refractivity (Wildman–Crippen MR) is 88.0 cm³/mol. The van der Waals surface area contributed by atoms with E-state index >= 15 is 0 Å². The zero-order valence-electron chi connectivity index (χ0n) is 12.7. The van der Waals surface area contributed by atoms with Gasteiger partial charge in [-0.15, -0.1) is 0 Å². The Morgan fingerprint density at radius 1 is 1.05 bits per heavy atom. The number of aliphatic imine (C=N–C) groups is 1. The van der Waals surface area contributed by atoms with Gasteiger partial charge in [0.25, 0.3) is 0 Å². The van der Waals surface area contributed by atoms with E-state index in [-0.39, 0.29) is 0 Å². The lowest BCUT2D eigenvalue weighted by Gasteiger charge is -2.06. The van der Waals surface area contributed by atoms with Gasteiger partial charge in [-0.1, -0.05) is 42.0 Å². The summed E-state index contributed by atoms with van der Waals surface area (Å²) in [4.78, 5) is 4.36. The van der Waals surface area contributed by atoms with Crippen LogP contribution in [0.4, 0.5) is 0 Å². The molecule has 0 aliphatic heterocycles. The quantitative estimate of drug-likeness (QED) is 0.502. The first-order chi connectivity index (χ1) is 10.1. The topological polar surface area (TPSA) is 47.6 Å². The van der Waals surface area contributed by atoms with Gasteiger partial charge in [0.05, 0.1) is 12.4 Å². The van der Waals surface area contributed by atoms with Crippen LogP contribution in [0, 0.1) is 13.8 Å². The average Bonchev–Trinajstić information content (AvgIpc) is 2.44. The zero-order chi connectivity index (χ0) is 15.1. The summed E-state index contributed by atoms with van der Waals surface area (Å²) in [5.41, 5.74) is 9.57. The lowest BCUT2D eigenvalue weighted by atomic mass is 10.1. The van der Waals surface area contributed by atoms with Crippen LogP contribution in [0.25, 0.3) is 0 Å². The largest absolute Gasteiger partial charge is 0.492 e. The highest BCUT2D eigenvalue weighted by Gasteiger charge is 1.98. The molecule has 0 atom stereocenters.